The zero-order chi connectivity index (χ0) is 21.9. The van der Waals surface area contributed by atoms with Crippen LogP contribution < -0.4 is 20.8 Å². The lowest BCUT2D eigenvalue weighted by Crippen LogP contribution is -2.38. The summed E-state index contributed by atoms with van der Waals surface area (Å²) in [4.78, 5) is 35.3. The number of carbonyl (C=O) groups excluding carboxylic acids is 3. The van der Waals surface area contributed by atoms with Crippen molar-refractivity contribution < 1.29 is 19.1 Å². The number of hydrazone groups is 1. The van der Waals surface area contributed by atoms with E-state index in [1.54, 1.807) is 42.5 Å². The van der Waals surface area contributed by atoms with E-state index in [4.69, 9.17) is 16.3 Å². The second-order valence-corrected chi connectivity index (χ2v) is 6.70. The Balaban J connectivity index is 1.91. The van der Waals surface area contributed by atoms with Crippen LogP contribution in [0.25, 0.3) is 0 Å². The fourth-order valence-corrected chi connectivity index (χ4v) is 2.44. The Labute approximate surface area is 179 Å². The van der Waals surface area contributed by atoms with Gasteiger partial charge in [-0.15, -0.1) is 0 Å². The summed E-state index contributed by atoms with van der Waals surface area (Å²) in [5.74, 6) is -1.59. The van der Waals surface area contributed by atoms with Crippen molar-refractivity contribution in [2.75, 3.05) is 18.5 Å². The lowest BCUT2D eigenvalue weighted by Gasteiger charge is -2.10. The maximum absolute atomic E-state index is 12.1. The Morgan fingerprint density at radius 2 is 1.90 bits per heavy atom. The molecule has 0 aliphatic heterocycles. The van der Waals surface area contributed by atoms with Crippen LogP contribution in [0.4, 0.5) is 5.69 Å². The van der Waals surface area contributed by atoms with Gasteiger partial charge < -0.3 is 15.4 Å². The second kappa shape index (κ2) is 11.6. The number of ether oxygens (including phenoxy) is 1. The van der Waals surface area contributed by atoms with Crippen LogP contribution in [0.1, 0.15) is 24.5 Å². The summed E-state index contributed by atoms with van der Waals surface area (Å²) >= 11 is 6.05. The number of rotatable bonds is 8. The summed E-state index contributed by atoms with van der Waals surface area (Å²) in [6.45, 7) is 3.92. The Morgan fingerprint density at radius 1 is 1.13 bits per heavy atom. The second-order valence-electron chi connectivity index (χ2n) is 6.29. The first-order valence-corrected chi connectivity index (χ1v) is 9.67. The molecule has 2 rings (SSSR count). The topological polar surface area (TPSA) is 109 Å². The van der Waals surface area contributed by atoms with Crippen LogP contribution in [0.2, 0.25) is 5.02 Å². The number of hydrogen-bond donors (Lipinski definition) is 3. The minimum atomic E-state index is -0.866. The minimum Gasteiger partial charge on any atom is -0.483 e. The molecule has 0 aromatic heterocycles. The normalized spacial score (nSPS) is 10.5. The summed E-state index contributed by atoms with van der Waals surface area (Å²) in [6, 6.07) is 12.1. The minimum absolute atomic E-state index is 0.234. The van der Waals surface area contributed by atoms with Crippen molar-refractivity contribution in [3.63, 3.8) is 0 Å². The molecule has 0 heterocycles. The number of nitrogens with zero attached hydrogens (tertiary/aromatic N) is 1. The standard InChI is InChI=1S/C21H23ClN4O4/c1-3-10-23-20(28)21(29)26-24-12-15-6-4-5-7-18(15)30-13-19(27)25-16-9-8-14(2)17(22)11-16/h4-9,11-12H,3,10,13H2,1-2H3,(H,23,28)(H,25,27)(H,26,29)/b24-12-. The molecule has 0 radical (unpaired) electrons. The highest BCUT2D eigenvalue weighted by molar-refractivity contribution is 6.35. The van der Waals surface area contributed by atoms with Crippen molar-refractivity contribution in [3.05, 3.63) is 58.6 Å². The number of benzene rings is 2. The van der Waals surface area contributed by atoms with Crippen LogP contribution in [0.3, 0.4) is 0 Å². The third kappa shape index (κ3) is 7.21. The predicted octanol–water partition coefficient (Wildman–Crippen LogP) is 2.64. The molecule has 0 saturated carbocycles. The van der Waals surface area contributed by atoms with Crippen LogP contribution in [0.15, 0.2) is 47.6 Å². The monoisotopic (exact) mass is 430 g/mol. The number of carbonyl (C=O) groups is 3. The van der Waals surface area contributed by atoms with Gasteiger partial charge in [-0.1, -0.05) is 36.7 Å². The number of nitrogens with one attached hydrogen (secondary N) is 3. The van der Waals surface area contributed by atoms with Gasteiger partial charge in [-0.3, -0.25) is 14.4 Å². The van der Waals surface area contributed by atoms with Gasteiger partial charge in [0.2, 0.25) is 0 Å². The van der Waals surface area contributed by atoms with Gasteiger partial charge in [0.1, 0.15) is 5.75 Å². The Bertz CT molecular complexity index is 946. The molecule has 0 atom stereocenters. The van der Waals surface area contributed by atoms with Gasteiger partial charge in [-0.2, -0.15) is 5.10 Å². The van der Waals surface area contributed by atoms with Crippen LogP contribution in [0, 0.1) is 6.92 Å². The van der Waals surface area contributed by atoms with E-state index >= 15 is 0 Å². The molecule has 9 heteroatoms. The molecular formula is C21H23ClN4O4. The van der Waals surface area contributed by atoms with Crippen molar-refractivity contribution in [1.82, 2.24) is 10.7 Å². The summed E-state index contributed by atoms with van der Waals surface area (Å²) in [6.07, 6.45) is 2.05. The van der Waals surface area contributed by atoms with Crippen LogP contribution in [-0.4, -0.2) is 37.1 Å². The van der Waals surface area contributed by atoms with Gasteiger partial charge in [-0.25, -0.2) is 5.43 Å². The number of anilines is 1. The van der Waals surface area contributed by atoms with E-state index in [1.807, 2.05) is 13.8 Å². The fraction of sp³-hybridized carbons (Fsp3) is 0.238. The Hall–Kier alpha value is -3.39. The first kappa shape index (κ1) is 22.9. The van der Waals surface area contributed by atoms with Crippen LogP contribution >= 0.6 is 11.6 Å². The lowest BCUT2D eigenvalue weighted by molar-refractivity contribution is -0.139. The molecule has 0 fully saturated rings. The molecule has 30 heavy (non-hydrogen) atoms. The predicted molar refractivity (Wildman–Crippen MR) is 116 cm³/mol. The van der Waals surface area contributed by atoms with Gasteiger partial charge in [0.15, 0.2) is 6.61 Å². The van der Waals surface area contributed by atoms with E-state index in [0.717, 1.165) is 12.0 Å². The van der Waals surface area contributed by atoms with Crippen molar-refractivity contribution in [2.45, 2.75) is 20.3 Å². The number of aryl methyl sites for hydroxylation is 1. The van der Waals surface area contributed by atoms with Crippen molar-refractivity contribution in [3.8, 4) is 5.75 Å². The van der Waals surface area contributed by atoms with Crippen LogP contribution in [0.5, 0.6) is 5.75 Å². The zero-order valence-corrected chi connectivity index (χ0v) is 17.5. The van der Waals surface area contributed by atoms with Crippen molar-refractivity contribution >= 4 is 41.2 Å². The summed E-state index contributed by atoms with van der Waals surface area (Å²) < 4.78 is 5.55. The molecule has 3 N–H and O–H groups in total. The molecule has 158 valence electrons. The van der Waals surface area contributed by atoms with E-state index in [9.17, 15) is 14.4 Å². The fourth-order valence-electron chi connectivity index (χ4n) is 2.26. The Kier molecular flexibility index (Phi) is 8.83. The largest absolute Gasteiger partial charge is 0.483 e. The highest BCUT2D eigenvalue weighted by Crippen LogP contribution is 2.20. The molecule has 0 spiro atoms. The molecule has 0 aliphatic carbocycles. The van der Waals surface area contributed by atoms with E-state index in [0.29, 0.717) is 28.6 Å². The first-order chi connectivity index (χ1) is 14.4. The molecular weight excluding hydrogens is 408 g/mol. The third-order valence-electron chi connectivity index (χ3n) is 3.84. The zero-order valence-electron chi connectivity index (χ0n) is 16.7. The summed E-state index contributed by atoms with van der Waals surface area (Å²) in [5, 5.41) is 9.47. The van der Waals surface area contributed by atoms with Gasteiger partial charge in [0.25, 0.3) is 5.91 Å². The third-order valence-corrected chi connectivity index (χ3v) is 4.25. The van der Waals surface area contributed by atoms with Gasteiger partial charge in [0.05, 0.1) is 6.21 Å². The number of hydrogen-bond acceptors (Lipinski definition) is 5. The maximum Gasteiger partial charge on any atom is 0.329 e. The van der Waals surface area contributed by atoms with Gasteiger partial charge in [-0.05, 0) is 43.2 Å². The SMILES string of the molecule is CCCNC(=O)C(=O)N/N=C\c1ccccc1OCC(=O)Nc1ccc(C)c(Cl)c1. The van der Waals surface area contributed by atoms with Crippen molar-refractivity contribution in [1.29, 1.82) is 0 Å². The molecule has 3 amide bonds. The molecule has 8 nitrogen and oxygen atoms in total. The van der Waals surface area contributed by atoms with E-state index < -0.39 is 11.8 Å². The molecule has 0 saturated heterocycles. The average molecular weight is 431 g/mol. The maximum atomic E-state index is 12.1. The smallest absolute Gasteiger partial charge is 0.329 e. The summed E-state index contributed by atoms with van der Waals surface area (Å²) in [5.41, 5.74) is 4.15. The molecule has 0 aliphatic rings. The van der Waals surface area contributed by atoms with E-state index in [-0.39, 0.29) is 12.5 Å². The molecule has 2 aromatic rings. The highest BCUT2D eigenvalue weighted by atomic mass is 35.5. The highest BCUT2D eigenvalue weighted by Gasteiger charge is 2.11. The average Bonchev–Trinajstić information content (AvgIpc) is 2.73. The summed E-state index contributed by atoms with van der Waals surface area (Å²) in [7, 11) is 0. The lowest BCUT2D eigenvalue weighted by atomic mass is 10.2. The first-order valence-electron chi connectivity index (χ1n) is 9.29. The number of halogens is 1. The van der Waals surface area contributed by atoms with Crippen molar-refractivity contribution in [2.24, 2.45) is 5.10 Å². The van der Waals surface area contributed by atoms with E-state index in [2.05, 4.69) is 21.2 Å². The van der Waals surface area contributed by atoms with Gasteiger partial charge >= 0.3 is 11.8 Å². The molecule has 0 unspecified atom stereocenters. The number of para-hydroxylation sites is 1. The molecule has 2 aromatic carbocycles. The van der Waals surface area contributed by atoms with Gasteiger partial charge in [0, 0.05) is 22.8 Å². The van der Waals surface area contributed by atoms with Crippen LogP contribution in [-0.2, 0) is 14.4 Å². The number of amides is 3. The van der Waals surface area contributed by atoms with E-state index in [1.165, 1.54) is 6.21 Å². The quantitative estimate of drug-likeness (QED) is 0.340. The molecule has 0 bridgehead atoms. The Morgan fingerprint density at radius 3 is 2.63 bits per heavy atom.